The number of benzene rings is 2. The van der Waals surface area contributed by atoms with E-state index in [4.69, 9.17) is 16.3 Å². The van der Waals surface area contributed by atoms with Gasteiger partial charge in [-0.2, -0.15) is 0 Å². The Kier molecular flexibility index (Phi) is 4.73. The maximum atomic E-state index is 12.4. The van der Waals surface area contributed by atoms with Gasteiger partial charge in [-0.05, 0) is 30.2 Å². The second-order valence-corrected chi connectivity index (χ2v) is 6.55. The molecule has 2 aromatic carbocycles. The molecule has 3 rings (SSSR count). The summed E-state index contributed by atoms with van der Waals surface area (Å²) in [5, 5.41) is 11.3. The molecule has 0 aliphatic carbocycles. The van der Waals surface area contributed by atoms with Gasteiger partial charge < -0.3 is 9.64 Å². The van der Waals surface area contributed by atoms with Crippen LogP contribution in [-0.2, 0) is 11.2 Å². The minimum absolute atomic E-state index is 0.0376. The molecule has 0 spiro atoms. The molecule has 24 heavy (non-hydrogen) atoms. The highest BCUT2D eigenvalue weighted by Crippen LogP contribution is 2.32. The maximum Gasteiger partial charge on any atom is 0.271 e. The minimum atomic E-state index is -0.473. The van der Waals surface area contributed by atoms with Gasteiger partial charge in [0, 0.05) is 23.2 Å². The predicted molar refractivity (Wildman–Crippen MR) is 93.8 cm³/mol. The average molecular weight is 412 g/mol. The van der Waals surface area contributed by atoms with Crippen molar-refractivity contribution in [2.75, 3.05) is 18.1 Å². The maximum absolute atomic E-state index is 12.4. The summed E-state index contributed by atoms with van der Waals surface area (Å²) in [5.74, 6) is 0.128. The summed E-state index contributed by atoms with van der Waals surface area (Å²) in [4.78, 5) is 24.4. The fourth-order valence-corrected chi connectivity index (χ4v) is 3.06. The Morgan fingerprint density at radius 2 is 2.12 bits per heavy atom. The quantitative estimate of drug-likeness (QED) is 0.563. The highest BCUT2D eigenvalue weighted by atomic mass is 79.9. The third-order valence-electron chi connectivity index (χ3n) is 3.72. The van der Waals surface area contributed by atoms with Gasteiger partial charge in [0.1, 0.15) is 5.75 Å². The lowest BCUT2D eigenvalue weighted by molar-refractivity contribution is -0.384. The molecule has 124 valence electrons. The monoisotopic (exact) mass is 410 g/mol. The summed E-state index contributed by atoms with van der Waals surface area (Å²) < 4.78 is 6.29. The molecular formula is C16H12BrClN2O4. The van der Waals surface area contributed by atoms with E-state index in [1.54, 1.807) is 24.3 Å². The lowest BCUT2D eigenvalue weighted by Gasteiger charge is -2.18. The number of hydrogen-bond donors (Lipinski definition) is 0. The third kappa shape index (κ3) is 3.37. The van der Waals surface area contributed by atoms with Crippen LogP contribution in [0.15, 0.2) is 40.9 Å². The lowest BCUT2D eigenvalue weighted by atomic mass is 10.1. The Bertz CT molecular complexity index is 828. The second-order valence-electron chi connectivity index (χ2n) is 5.23. The Balaban J connectivity index is 1.75. The summed E-state index contributed by atoms with van der Waals surface area (Å²) in [6.45, 7) is 0.281. The fourth-order valence-electron chi connectivity index (χ4n) is 2.55. The Labute approximate surface area is 151 Å². The first-order valence-electron chi connectivity index (χ1n) is 7.11. The van der Waals surface area contributed by atoms with Crippen LogP contribution in [0.4, 0.5) is 11.4 Å². The van der Waals surface area contributed by atoms with Gasteiger partial charge in [0.15, 0.2) is 6.61 Å². The summed E-state index contributed by atoms with van der Waals surface area (Å²) in [5.41, 5.74) is 1.44. The molecule has 6 nitrogen and oxygen atoms in total. The van der Waals surface area contributed by atoms with Gasteiger partial charge in [-0.15, -0.1) is 0 Å². The number of ether oxygens (including phenoxy) is 1. The number of halogens is 2. The van der Waals surface area contributed by atoms with Crippen molar-refractivity contribution >= 4 is 44.8 Å². The molecule has 0 saturated carbocycles. The number of amides is 1. The predicted octanol–water partition coefficient (Wildman–Crippen LogP) is 3.98. The molecule has 1 amide bonds. The number of rotatable bonds is 4. The summed E-state index contributed by atoms with van der Waals surface area (Å²) in [7, 11) is 0. The molecule has 1 heterocycles. The van der Waals surface area contributed by atoms with Gasteiger partial charge in [0.2, 0.25) is 0 Å². The molecule has 0 bridgehead atoms. The summed E-state index contributed by atoms with van der Waals surface area (Å²) >= 11 is 9.34. The van der Waals surface area contributed by atoms with Crippen LogP contribution < -0.4 is 9.64 Å². The number of anilines is 1. The van der Waals surface area contributed by atoms with Gasteiger partial charge in [-0.1, -0.05) is 33.6 Å². The molecule has 2 aromatic rings. The fraction of sp³-hybridized carbons (Fsp3) is 0.188. The molecule has 0 aromatic heterocycles. The average Bonchev–Trinajstić information content (AvgIpc) is 2.98. The molecular weight excluding hydrogens is 400 g/mol. The van der Waals surface area contributed by atoms with Crippen molar-refractivity contribution < 1.29 is 14.5 Å². The molecule has 0 radical (unpaired) electrons. The van der Waals surface area contributed by atoms with E-state index in [1.807, 2.05) is 0 Å². The van der Waals surface area contributed by atoms with Gasteiger partial charge in [-0.3, -0.25) is 14.9 Å². The minimum Gasteiger partial charge on any atom is -0.482 e. The van der Waals surface area contributed by atoms with Crippen molar-refractivity contribution in [3.63, 3.8) is 0 Å². The van der Waals surface area contributed by atoms with E-state index in [0.717, 1.165) is 10.0 Å². The first-order valence-corrected chi connectivity index (χ1v) is 8.28. The Morgan fingerprint density at radius 3 is 2.88 bits per heavy atom. The lowest BCUT2D eigenvalue weighted by Crippen LogP contribution is -2.33. The van der Waals surface area contributed by atoms with Crippen molar-refractivity contribution in [3.05, 3.63) is 61.6 Å². The van der Waals surface area contributed by atoms with Crippen molar-refractivity contribution in [3.8, 4) is 5.75 Å². The number of non-ortho nitro benzene ring substituents is 1. The van der Waals surface area contributed by atoms with Crippen molar-refractivity contribution in [1.82, 2.24) is 0 Å². The van der Waals surface area contributed by atoms with Gasteiger partial charge in [0.05, 0.1) is 15.6 Å². The van der Waals surface area contributed by atoms with E-state index < -0.39 is 4.92 Å². The topological polar surface area (TPSA) is 72.7 Å². The van der Waals surface area contributed by atoms with Gasteiger partial charge in [0.25, 0.3) is 11.6 Å². The number of nitro benzene ring substituents is 1. The molecule has 0 fully saturated rings. The van der Waals surface area contributed by atoms with Crippen molar-refractivity contribution in [2.45, 2.75) is 6.42 Å². The standard InChI is InChI=1S/C16H12BrClN2O4/c17-11-2-4-13(18)15(7-11)24-9-16(21)19-6-5-10-1-3-12(20(22)23)8-14(10)19/h1-4,7-8H,5-6,9H2. The molecule has 1 aliphatic rings. The summed E-state index contributed by atoms with van der Waals surface area (Å²) in [6, 6.07) is 9.68. The van der Waals surface area contributed by atoms with Crippen LogP contribution >= 0.6 is 27.5 Å². The van der Waals surface area contributed by atoms with E-state index in [2.05, 4.69) is 15.9 Å². The van der Waals surface area contributed by atoms with Crippen LogP contribution in [0.3, 0.4) is 0 Å². The van der Waals surface area contributed by atoms with Crippen LogP contribution in [0.1, 0.15) is 5.56 Å². The molecule has 0 atom stereocenters. The Hall–Kier alpha value is -2.12. The van der Waals surface area contributed by atoms with Crippen LogP contribution in [0, 0.1) is 10.1 Å². The van der Waals surface area contributed by atoms with Crippen molar-refractivity contribution in [1.29, 1.82) is 0 Å². The van der Waals surface area contributed by atoms with Crippen molar-refractivity contribution in [2.24, 2.45) is 0 Å². The van der Waals surface area contributed by atoms with E-state index >= 15 is 0 Å². The SMILES string of the molecule is O=C(COc1cc(Br)ccc1Cl)N1CCc2ccc([N+](=O)[O-])cc21. The van der Waals surface area contributed by atoms with E-state index in [0.29, 0.717) is 29.4 Å². The first-order chi connectivity index (χ1) is 11.5. The largest absolute Gasteiger partial charge is 0.482 e. The van der Waals surface area contributed by atoms with Gasteiger partial charge >= 0.3 is 0 Å². The highest BCUT2D eigenvalue weighted by Gasteiger charge is 2.27. The van der Waals surface area contributed by atoms with Crippen LogP contribution in [0.2, 0.25) is 5.02 Å². The highest BCUT2D eigenvalue weighted by molar-refractivity contribution is 9.10. The number of fused-ring (bicyclic) bond motifs is 1. The second kappa shape index (κ2) is 6.78. The number of hydrogen-bond acceptors (Lipinski definition) is 4. The smallest absolute Gasteiger partial charge is 0.271 e. The van der Waals surface area contributed by atoms with E-state index in [9.17, 15) is 14.9 Å². The molecule has 0 unspecified atom stereocenters. The zero-order valence-electron chi connectivity index (χ0n) is 12.4. The number of nitrogens with zero attached hydrogens (tertiary/aromatic N) is 2. The molecule has 0 N–H and O–H groups in total. The normalized spacial score (nSPS) is 12.8. The molecule has 1 aliphatic heterocycles. The van der Waals surface area contributed by atoms with Crippen LogP contribution in [0.5, 0.6) is 5.75 Å². The third-order valence-corrected chi connectivity index (χ3v) is 4.53. The zero-order valence-corrected chi connectivity index (χ0v) is 14.7. The Morgan fingerprint density at radius 1 is 1.33 bits per heavy atom. The summed E-state index contributed by atoms with van der Waals surface area (Å²) in [6.07, 6.45) is 0.663. The van der Waals surface area contributed by atoms with Crippen LogP contribution in [0.25, 0.3) is 0 Å². The first kappa shape index (κ1) is 16.7. The van der Waals surface area contributed by atoms with Gasteiger partial charge in [-0.25, -0.2) is 0 Å². The molecule has 0 saturated heterocycles. The zero-order chi connectivity index (χ0) is 17.3. The number of carbonyl (C=O) groups is 1. The van der Waals surface area contributed by atoms with Crippen LogP contribution in [-0.4, -0.2) is 24.0 Å². The van der Waals surface area contributed by atoms with E-state index in [1.165, 1.54) is 17.0 Å². The number of nitro groups is 1. The number of carbonyl (C=O) groups excluding carboxylic acids is 1. The van der Waals surface area contributed by atoms with E-state index in [-0.39, 0.29) is 18.2 Å². The molecule has 8 heteroatoms.